The largest absolute Gasteiger partial charge is 0.313 e. The summed E-state index contributed by atoms with van der Waals surface area (Å²) in [4.78, 5) is 0. The third-order valence-electron chi connectivity index (χ3n) is 4.45. The van der Waals surface area contributed by atoms with E-state index in [9.17, 15) is 8.78 Å². The highest BCUT2D eigenvalue weighted by Gasteiger charge is 2.44. The third kappa shape index (κ3) is 2.58. The molecule has 2 aromatic rings. The van der Waals surface area contributed by atoms with E-state index in [1.165, 1.54) is 5.56 Å². The van der Waals surface area contributed by atoms with Crippen LogP contribution in [0.15, 0.2) is 42.5 Å². The molecule has 0 radical (unpaired) electrons. The SMILES string of the molecule is CNC(c1ccc(C)c(F)c1F)C1CC1c1ccccc1. The zero-order chi connectivity index (χ0) is 15.0. The molecule has 3 unspecified atom stereocenters. The molecule has 3 heteroatoms. The molecule has 0 bridgehead atoms. The molecular formula is C18H19F2N. The molecule has 0 aliphatic heterocycles. The molecule has 1 nitrogen and oxygen atoms in total. The standard InChI is InChI=1S/C18H19F2N/c1-11-8-9-13(17(20)16(11)19)18(21-2)15-10-14(15)12-6-4-3-5-7-12/h3-9,14-15,18,21H,10H2,1-2H3. The fraction of sp³-hybridized carbons (Fsp3) is 0.333. The predicted molar refractivity (Wildman–Crippen MR) is 80.2 cm³/mol. The monoisotopic (exact) mass is 287 g/mol. The van der Waals surface area contributed by atoms with E-state index >= 15 is 0 Å². The maximum Gasteiger partial charge on any atom is 0.163 e. The average molecular weight is 287 g/mol. The summed E-state index contributed by atoms with van der Waals surface area (Å²) in [5.74, 6) is -0.709. The normalized spacial score (nSPS) is 22.1. The van der Waals surface area contributed by atoms with Crippen LogP contribution in [0, 0.1) is 24.5 Å². The minimum Gasteiger partial charge on any atom is -0.313 e. The number of hydrogen-bond donors (Lipinski definition) is 1. The molecule has 0 spiro atoms. The molecular weight excluding hydrogens is 268 g/mol. The summed E-state index contributed by atoms with van der Waals surface area (Å²) in [6.45, 7) is 1.58. The lowest BCUT2D eigenvalue weighted by molar-refractivity contribution is 0.448. The Morgan fingerprint density at radius 1 is 1.05 bits per heavy atom. The minimum absolute atomic E-state index is 0.148. The molecule has 1 aliphatic carbocycles. The first-order valence-electron chi connectivity index (χ1n) is 7.30. The number of nitrogens with one attached hydrogen (secondary N) is 1. The molecule has 1 N–H and O–H groups in total. The molecule has 1 aliphatic rings. The van der Waals surface area contributed by atoms with E-state index in [2.05, 4.69) is 17.4 Å². The quantitative estimate of drug-likeness (QED) is 0.882. The van der Waals surface area contributed by atoms with Crippen LogP contribution in [0.2, 0.25) is 0 Å². The summed E-state index contributed by atoms with van der Waals surface area (Å²) >= 11 is 0. The number of halogens is 2. The number of aryl methyl sites for hydroxylation is 1. The number of rotatable bonds is 4. The minimum atomic E-state index is -0.732. The van der Waals surface area contributed by atoms with Crippen LogP contribution in [0.25, 0.3) is 0 Å². The number of benzene rings is 2. The van der Waals surface area contributed by atoms with Gasteiger partial charge in [-0.25, -0.2) is 8.78 Å². The lowest BCUT2D eigenvalue weighted by Gasteiger charge is -2.18. The van der Waals surface area contributed by atoms with Crippen molar-refractivity contribution in [2.24, 2.45) is 5.92 Å². The van der Waals surface area contributed by atoms with Gasteiger partial charge in [0.15, 0.2) is 11.6 Å². The Hall–Kier alpha value is -1.74. The summed E-state index contributed by atoms with van der Waals surface area (Å²) in [6.07, 6.45) is 1.00. The average Bonchev–Trinajstić information content (AvgIpc) is 3.29. The van der Waals surface area contributed by atoms with Crippen molar-refractivity contribution in [3.8, 4) is 0 Å². The van der Waals surface area contributed by atoms with Gasteiger partial charge in [0.25, 0.3) is 0 Å². The summed E-state index contributed by atoms with van der Waals surface area (Å²) in [5, 5.41) is 3.16. The first-order chi connectivity index (χ1) is 10.1. The Morgan fingerprint density at radius 2 is 1.76 bits per heavy atom. The van der Waals surface area contributed by atoms with Crippen molar-refractivity contribution in [1.29, 1.82) is 0 Å². The molecule has 1 fully saturated rings. The van der Waals surface area contributed by atoms with E-state index in [1.807, 2.05) is 25.2 Å². The van der Waals surface area contributed by atoms with Gasteiger partial charge in [0, 0.05) is 11.6 Å². The first kappa shape index (κ1) is 14.2. The Bertz CT molecular complexity index is 639. The summed E-state index contributed by atoms with van der Waals surface area (Å²) < 4.78 is 28.0. The fourth-order valence-corrected chi connectivity index (χ4v) is 3.17. The van der Waals surface area contributed by atoms with Gasteiger partial charge in [-0.3, -0.25) is 0 Å². The van der Waals surface area contributed by atoms with Crippen molar-refractivity contribution in [3.63, 3.8) is 0 Å². The van der Waals surface area contributed by atoms with Gasteiger partial charge < -0.3 is 5.32 Å². The summed E-state index contributed by atoms with van der Waals surface area (Å²) in [5.41, 5.74) is 2.06. The zero-order valence-electron chi connectivity index (χ0n) is 12.2. The topological polar surface area (TPSA) is 12.0 Å². The van der Waals surface area contributed by atoms with Crippen LogP contribution in [0.3, 0.4) is 0 Å². The lowest BCUT2D eigenvalue weighted by Crippen LogP contribution is -2.21. The molecule has 0 saturated heterocycles. The second-order valence-electron chi connectivity index (χ2n) is 5.78. The van der Waals surface area contributed by atoms with Gasteiger partial charge in [-0.05, 0) is 43.4 Å². The maximum atomic E-state index is 14.2. The van der Waals surface area contributed by atoms with E-state index in [0.29, 0.717) is 23.0 Å². The molecule has 2 aromatic carbocycles. The van der Waals surface area contributed by atoms with Gasteiger partial charge >= 0.3 is 0 Å². The van der Waals surface area contributed by atoms with Crippen molar-refractivity contribution in [3.05, 3.63) is 70.8 Å². The van der Waals surface area contributed by atoms with Crippen LogP contribution >= 0.6 is 0 Å². The summed E-state index contributed by atoms with van der Waals surface area (Å²) in [6, 6.07) is 13.4. The van der Waals surface area contributed by atoms with Crippen molar-refractivity contribution in [1.82, 2.24) is 5.32 Å². The Labute approximate surface area is 124 Å². The lowest BCUT2D eigenvalue weighted by atomic mass is 9.97. The Balaban J connectivity index is 1.86. The van der Waals surface area contributed by atoms with E-state index < -0.39 is 11.6 Å². The van der Waals surface area contributed by atoms with E-state index in [-0.39, 0.29) is 6.04 Å². The molecule has 1 saturated carbocycles. The van der Waals surface area contributed by atoms with Gasteiger partial charge in [-0.2, -0.15) is 0 Å². The molecule has 21 heavy (non-hydrogen) atoms. The van der Waals surface area contributed by atoms with E-state index in [1.54, 1.807) is 19.1 Å². The zero-order valence-corrected chi connectivity index (χ0v) is 12.2. The second kappa shape index (κ2) is 5.57. The van der Waals surface area contributed by atoms with Gasteiger partial charge in [-0.15, -0.1) is 0 Å². The van der Waals surface area contributed by atoms with Gasteiger partial charge in [0.05, 0.1) is 0 Å². The van der Waals surface area contributed by atoms with Crippen LogP contribution in [0.1, 0.15) is 35.1 Å². The van der Waals surface area contributed by atoms with Crippen molar-refractivity contribution in [2.75, 3.05) is 7.05 Å². The molecule has 3 atom stereocenters. The van der Waals surface area contributed by atoms with Gasteiger partial charge in [0.2, 0.25) is 0 Å². The second-order valence-corrected chi connectivity index (χ2v) is 5.78. The van der Waals surface area contributed by atoms with Crippen LogP contribution in [-0.2, 0) is 0 Å². The first-order valence-corrected chi connectivity index (χ1v) is 7.30. The molecule has 110 valence electrons. The summed E-state index contributed by atoms with van der Waals surface area (Å²) in [7, 11) is 1.81. The highest BCUT2D eigenvalue weighted by Crippen LogP contribution is 2.54. The van der Waals surface area contributed by atoms with Crippen molar-refractivity contribution < 1.29 is 8.78 Å². The van der Waals surface area contributed by atoms with E-state index in [4.69, 9.17) is 0 Å². The van der Waals surface area contributed by atoms with Gasteiger partial charge in [-0.1, -0.05) is 42.5 Å². The van der Waals surface area contributed by atoms with Crippen LogP contribution < -0.4 is 5.32 Å². The molecule has 0 aromatic heterocycles. The van der Waals surface area contributed by atoms with E-state index in [0.717, 1.165) is 6.42 Å². The van der Waals surface area contributed by atoms with Gasteiger partial charge in [0.1, 0.15) is 0 Å². The van der Waals surface area contributed by atoms with Crippen molar-refractivity contribution >= 4 is 0 Å². The third-order valence-corrected chi connectivity index (χ3v) is 4.45. The Morgan fingerprint density at radius 3 is 2.43 bits per heavy atom. The number of hydrogen-bond acceptors (Lipinski definition) is 1. The molecule has 0 heterocycles. The van der Waals surface area contributed by atoms with Crippen LogP contribution in [-0.4, -0.2) is 7.05 Å². The highest BCUT2D eigenvalue weighted by atomic mass is 19.2. The van der Waals surface area contributed by atoms with Crippen LogP contribution in [0.4, 0.5) is 8.78 Å². The maximum absolute atomic E-state index is 14.2. The molecule has 3 rings (SSSR count). The fourth-order valence-electron chi connectivity index (χ4n) is 3.17. The highest BCUT2D eigenvalue weighted by molar-refractivity contribution is 5.33. The molecule has 0 amide bonds. The predicted octanol–water partition coefficient (Wildman–Crippen LogP) is 4.34. The van der Waals surface area contributed by atoms with Crippen molar-refractivity contribution in [2.45, 2.75) is 25.3 Å². The smallest absolute Gasteiger partial charge is 0.163 e. The Kier molecular flexibility index (Phi) is 3.77. The van der Waals surface area contributed by atoms with Crippen LogP contribution in [0.5, 0.6) is 0 Å².